The van der Waals surface area contributed by atoms with Crippen molar-refractivity contribution in [2.45, 2.75) is 62.2 Å². The summed E-state index contributed by atoms with van der Waals surface area (Å²) < 4.78 is 63.2. The molecule has 3 atom stereocenters. The van der Waals surface area contributed by atoms with E-state index < -0.39 is 26.5 Å². The number of sulfone groups is 1. The van der Waals surface area contributed by atoms with Crippen LogP contribution in [0.1, 0.15) is 61.8 Å². The number of nitrogens with zero attached hydrogens (tertiary/aromatic N) is 4. The highest BCUT2D eigenvalue weighted by atomic mass is 32.2. The third-order valence-electron chi connectivity index (χ3n) is 6.10. The van der Waals surface area contributed by atoms with Crippen LogP contribution in [-0.2, 0) is 9.84 Å². The lowest BCUT2D eigenvalue weighted by Gasteiger charge is -2.31. The summed E-state index contributed by atoms with van der Waals surface area (Å²) in [5, 5.41) is 2.81. The molecule has 0 aromatic carbocycles. The van der Waals surface area contributed by atoms with Crippen molar-refractivity contribution in [3.8, 4) is 0 Å². The van der Waals surface area contributed by atoms with E-state index >= 15 is 0 Å². The number of aromatic nitrogens is 2. The van der Waals surface area contributed by atoms with E-state index in [4.69, 9.17) is 5.73 Å². The zero-order chi connectivity index (χ0) is 23.7. The molecule has 32 heavy (non-hydrogen) atoms. The number of hydrogen-bond acceptors (Lipinski definition) is 6. The number of amides is 1. The number of carbonyl (C=O) groups excluding carboxylic acids is 1. The van der Waals surface area contributed by atoms with Crippen molar-refractivity contribution in [3.05, 3.63) is 23.9 Å². The van der Waals surface area contributed by atoms with E-state index in [0.717, 1.165) is 37.5 Å². The maximum atomic E-state index is 12.8. The second kappa shape index (κ2) is 9.16. The molecule has 1 saturated carbocycles. The van der Waals surface area contributed by atoms with Crippen LogP contribution in [0, 0.1) is 5.92 Å². The van der Waals surface area contributed by atoms with Crippen LogP contribution in [0.15, 0.2) is 28.3 Å². The standard InChI is InChI=1S/C20H26F3N5O3S/c1-12(25-2)15-5-3-4-6-17(15)28-11-16(18(24)29)19(27-28)26-13-7-9-14(10-8-13)32(30,31)20(21,22)23/h7,9,11,14-15,17H,3-6,8,10H2,1-2H3,(H2,24,29). The first kappa shape index (κ1) is 24.1. The summed E-state index contributed by atoms with van der Waals surface area (Å²) >= 11 is 0. The Balaban J connectivity index is 1.91. The van der Waals surface area contributed by atoms with E-state index in [2.05, 4.69) is 15.1 Å². The SMILES string of the molecule is CN=C(C)C1CCCCC1n1cc(C(N)=O)c(N=C2C=CC(S(=O)(=O)C(F)(F)F)CC2)n1. The van der Waals surface area contributed by atoms with Gasteiger partial charge in [0.2, 0.25) is 0 Å². The van der Waals surface area contributed by atoms with E-state index in [1.807, 2.05) is 6.92 Å². The van der Waals surface area contributed by atoms with Gasteiger partial charge in [0, 0.05) is 30.6 Å². The smallest absolute Gasteiger partial charge is 0.365 e. The van der Waals surface area contributed by atoms with Gasteiger partial charge in [-0.3, -0.25) is 14.5 Å². The van der Waals surface area contributed by atoms with E-state index in [-0.39, 0.29) is 36.2 Å². The molecule has 1 aromatic rings. The Bertz CT molecular complexity index is 1070. The summed E-state index contributed by atoms with van der Waals surface area (Å²) in [4.78, 5) is 20.6. The van der Waals surface area contributed by atoms with E-state index in [0.29, 0.717) is 5.71 Å². The number of nitrogens with two attached hydrogens (primary N) is 1. The number of carbonyl (C=O) groups is 1. The molecular formula is C20H26F3N5O3S. The second-order valence-electron chi connectivity index (χ2n) is 8.06. The number of hydrogen-bond donors (Lipinski definition) is 1. The highest BCUT2D eigenvalue weighted by molar-refractivity contribution is 7.93. The number of rotatable bonds is 5. The molecule has 0 bridgehead atoms. The van der Waals surface area contributed by atoms with Crippen LogP contribution in [0.5, 0.6) is 0 Å². The number of halogens is 3. The predicted molar refractivity (Wildman–Crippen MR) is 115 cm³/mol. The Morgan fingerprint density at radius 1 is 1.25 bits per heavy atom. The van der Waals surface area contributed by atoms with Gasteiger partial charge in [-0.05, 0) is 38.7 Å². The van der Waals surface area contributed by atoms with Crippen molar-refractivity contribution < 1.29 is 26.4 Å². The Labute approximate surface area is 184 Å². The highest BCUT2D eigenvalue weighted by Crippen LogP contribution is 2.36. The zero-order valence-corrected chi connectivity index (χ0v) is 18.7. The summed E-state index contributed by atoms with van der Waals surface area (Å²) in [6.07, 6.45) is 7.37. The molecule has 0 saturated heterocycles. The molecular weight excluding hydrogens is 447 g/mol. The quantitative estimate of drug-likeness (QED) is 0.658. The lowest BCUT2D eigenvalue weighted by Crippen LogP contribution is -2.34. The maximum absolute atomic E-state index is 12.8. The van der Waals surface area contributed by atoms with Crippen molar-refractivity contribution in [2.24, 2.45) is 21.6 Å². The molecule has 176 valence electrons. The molecule has 3 unspecified atom stereocenters. The third kappa shape index (κ3) is 4.79. The molecule has 1 heterocycles. The monoisotopic (exact) mass is 473 g/mol. The summed E-state index contributed by atoms with van der Waals surface area (Å²) in [5.41, 5.74) is 1.61. The summed E-state index contributed by atoms with van der Waals surface area (Å²) in [5.74, 6) is -0.483. The first-order valence-electron chi connectivity index (χ1n) is 10.3. The van der Waals surface area contributed by atoms with Gasteiger partial charge in [0.05, 0.1) is 11.3 Å². The van der Waals surface area contributed by atoms with Gasteiger partial charge in [0.25, 0.3) is 15.7 Å². The molecule has 1 aromatic heterocycles. The van der Waals surface area contributed by atoms with Gasteiger partial charge in [-0.15, -0.1) is 0 Å². The minimum atomic E-state index is -5.31. The topological polar surface area (TPSA) is 120 Å². The third-order valence-corrected chi connectivity index (χ3v) is 7.93. The average molecular weight is 474 g/mol. The largest absolute Gasteiger partial charge is 0.497 e. The number of aliphatic imine (C=N–C) groups is 2. The Morgan fingerprint density at radius 2 is 1.94 bits per heavy atom. The number of primary amides is 1. The van der Waals surface area contributed by atoms with Gasteiger partial charge < -0.3 is 5.73 Å². The molecule has 0 spiro atoms. The fraction of sp³-hybridized carbons (Fsp3) is 0.600. The molecule has 8 nitrogen and oxygen atoms in total. The average Bonchev–Trinajstić information content (AvgIpc) is 3.16. The molecule has 12 heteroatoms. The van der Waals surface area contributed by atoms with Crippen molar-refractivity contribution in [1.29, 1.82) is 0 Å². The second-order valence-corrected chi connectivity index (χ2v) is 10.2. The minimum Gasteiger partial charge on any atom is -0.365 e. The summed E-state index contributed by atoms with van der Waals surface area (Å²) in [6.45, 7) is 1.96. The Hall–Kier alpha value is -2.50. The highest BCUT2D eigenvalue weighted by Gasteiger charge is 2.50. The lowest BCUT2D eigenvalue weighted by molar-refractivity contribution is -0.0441. The van der Waals surface area contributed by atoms with Crippen molar-refractivity contribution in [2.75, 3.05) is 7.05 Å². The van der Waals surface area contributed by atoms with Crippen LogP contribution in [0.25, 0.3) is 0 Å². The fourth-order valence-corrected chi connectivity index (χ4v) is 5.29. The van der Waals surface area contributed by atoms with Crippen LogP contribution in [0.3, 0.4) is 0 Å². The first-order valence-corrected chi connectivity index (χ1v) is 11.9. The van der Waals surface area contributed by atoms with Crippen LogP contribution < -0.4 is 5.73 Å². The van der Waals surface area contributed by atoms with Gasteiger partial charge in [-0.1, -0.05) is 18.9 Å². The van der Waals surface area contributed by atoms with E-state index in [1.54, 1.807) is 17.9 Å². The maximum Gasteiger partial charge on any atom is 0.497 e. The Kier molecular flexibility index (Phi) is 6.91. The fourth-order valence-electron chi connectivity index (χ4n) is 4.24. The van der Waals surface area contributed by atoms with E-state index in [9.17, 15) is 26.4 Å². The number of allylic oxidation sites excluding steroid dienone is 1. The molecule has 2 aliphatic rings. The molecule has 0 aliphatic heterocycles. The summed E-state index contributed by atoms with van der Waals surface area (Å²) in [6, 6.07) is -0.0114. The number of alkyl halides is 3. The molecule has 3 rings (SSSR count). The molecule has 1 fully saturated rings. The molecule has 2 N–H and O–H groups in total. The van der Waals surface area contributed by atoms with Crippen molar-refractivity contribution in [3.63, 3.8) is 0 Å². The van der Waals surface area contributed by atoms with Crippen molar-refractivity contribution >= 4 is 33.0 Å². The van der Waals surface area contributed by atoms with Crippen LogP contribution in [-0.4, -0.2) is 53.3 Å². The lowest BCUT2D eigenvalue weighted by atomic mass is 9.82. The molecule has 1 amide bonds. The zero-order valence-electron chi connectivity index (χ0n) is 17.8. The predicted octanol–water partition coefficient (Wildman–Crippen LogP) is 3.53. The van der Waals surface area contributed by atoms with Crippen LogP contribution in [0.4, 0.5) is 19.0 Å². The van der Waals surface area contributed by atoms with Gasteiger partial charge in [-0.25, -0.2) is 13.4 Å². The first-order chi connectivity index (χ1) is 15.0. The summed E-state index contributed by atoms with van der Waals surface area (Å²) in [7, 11) is -3.56. The van der Waals surface area contributed by atoms with Crippen LogP contribution in [0.2, 0.25) is 0 Å². The molecule has 2 aliphatic carbocycles. The van der Waals surface area contributed by atoms with E-state index in [1.165, 1.54) is 6.08 Å². The van der Waals surface area contributed by atoms with Crippen LogP contribution >= 0.6 is 0 Å². The van der Waals surface area contributed by atoms with Gasteiger partial charge in [0.1, 0.15) is 5.56 Å². The van der Waals surface area contributed by atoms with Crippen molar-refractivity contribution in [1.82, 2.24) is 9.78 Å². The normalized spacial score (nSPS) is 26.5. The van der Waals surface area contributed by atoms with Gasteiger partial charge >= 0.3 is 5.51 Å². The van der Waals surface area contributed by atoms with Gasteiger partial charge in [0.15, 0.2) is 5.82 Å². The van der Waals surface area contributed by atoms with Gasteiger partial charge in [-0.2, -0.15) is 18.3 Å². The Morgan fingerprint density at radius 3 is 2.50 bits per heavy atom. The molecule has 0 radical (unpaired) electrons. The minimum absolute atomic E-state index is 0.00477.